The minimum absolute atomic E-state index is 0.111. The number of hydrogen-bond donors (Lipinski definition) is 0. The van der Waals surface area contributed by atoms with E-state index in [2.05, 4.69) is 21.8 Å². The van der Waals surface area contributed by atoms with Crippen LogP contribution >= 0.6 is 0 Å². The van der Waals surface area contributed by atoms with Gasteiger partial charge in [0.05, 0.1) is 36.9 Å². The second-order valence-electron chi connectivity index (χ2n) is 6.88. The summed E-state index contributed by atoms with van der Waals surface area (Å²) in [6.45, 7) is 2.09. The summed E-state index contributed by atoms with van der Waals surface area (Å²) in [6.07, 6.45) is 7.13. The molecule has 0 amide bonds. The van der Waals surface area contributed by atoms with Gasteiger partial charge in [-0.3, -0.25) is 9.97 Å². The van der Waals surface area contributed by atoms with Crippen molar-refractivity contribution in [1.82, 2.24) is 9.97 Å². The van der Waals surface area contributed by atoms with Crippen molar-refractivity contribution in [2.75, 3.05) is 12.0 Å². The first-order chi connectivity index (χ1) is 14.7. The van der Waals surface area contributed by atoms with Gasteiger partial charge in [-0.2, -0.15) is 0 Å². The predicted octanol–water partition coefficient (Wildman–Crippen LogP) is 6.19. The van der Waals surface area contributed by atoms with Crippen LogP contribution in [-0.4, -0.2) is 17.1 Å². The highest BCUT2D eigenvalue weighted by Gasteiger charge is 2.23. The molecule has 2 aromatic carbocycles. The summed E-state index contributed by atoms with van der Waals surface area (Å²) in [7, 11) is 1.48. The minimum atomic E-state index is -0.367. The number of benzene rings is 2. The lowest BCUT2D eigenvalue weighted by atomic mass is 9.93. The van der Waals surface area contributed by atoms with Crippen molar-refractivity contribution >= 4 is 11.4 Å². The Kier molecular flexibility index (Phi) is 5.70. The Balaban J connectivity index is 1.86. The van der Waals surface area contributed by atoms with Crippen LogP contribution in [0.5, 0.6) is 5.75 Å². The highest BCUT2D eigenvalue weighted by atomic mass is 19.1. The highest BCUT2D eigenvalue weighted by Crippen LogP contribution is 2.39. The van der Waals surface area contributed by atoms with Crippen molar-refractivity contribution in [2.24, 2.45) is 0 Å². The minimum Gasteiger partial charge on any atom is -0.494 e. The lowest BCUT2D eigenvalue weighted by Crippen LogP contribution is -2.22. The Hall–Kier alpha value is -3.73. The molecule has 0 N–H and O–H groups in total. The van der Waals surface area contributed by atoms with E-state index < -0.39 is 0 Å². The standard InChI is InChI=1S/C25H22FN3O/c1-18(29(19-8-6-14-27-16-19)20-9-7-15-28-17-20)21-10-3-4-11-22(21)23-12-5-13-24(30-2)25(23)26/h3-18H,1-2H3. The molecule has 0 radical (unpaired) electrons. The molecule has 150 valence electrons. The smallest absolute Gasteiger partial charge is 0.172 e. The van der Waals surface area contributed by atoms with Gasteiger partial charge in [0.1, 0.15) is 0 Å². The Morgan fingerprint density at radius 1 is 0.800 bits per heavy atom. The fourth-order valence-electron chi connectivity index (χ4n) is 3.71. The monoisotopic (exact) mass is 399 g/mol. The van der Waals surface area contributed by atoms with E-state index in [1.807, 2.05) is 60.9 Å². The lowest BCUT2D eigenvalue weighted by Gasteiger charge is -2.32. The van der Waals surface area contributed by atoms with Crippen LogP contribution in [0.1, 0.15) is 18.5 Å². The summed E-state index contributed by atoms with van der Waals surface area (Å²) in [6, 6.07) is 20.8. The van der Waals surface area contributed by atoms with Crippen LogP contribution in [0.2, 0.25) is 0 Å². The van der Waals surface area contributed by atoms with Crippen LogP contribution in [0.15, 0.2) is 91.5 Å². The van der Waals surface area contributed by atoms with E-state index in [4.69, 9.17) is 4.74 Å². The van der Waals surface area contributed by atoms with Gasteiger partial charge in [-0.05, 0) is 48.4 Å². The van der Waals surface area contributed by atoms with Crippen LogP contribution in [-0.2, 0) is 0 Å². The maximum atomic E-state index is 15.1. The molecule has 1 unspecified atom stereocenters. The molecule has 0 spiro atoms. The van der Waals surface area contributed by atoms with E-state index in [0.717, 1.165) is 22.5 Å². The van der Waals surface area contributed by atoms with E-state index in [0.29, 0.717) is 5.56 Å². The van der Waals surface area contributed by atoms with Crippen molar-refractivity contribution < 1.29 is 9.13 Å². The van der Waals surface area contributed by atoms with Crippen LogP contribution in [0.4, 0.5) is 15.8 Å². The number of pyridine rings is 2. The molecular weight excluding hydrogens is 377 g/mol. The van der Waals surface area contributed by atoms with Gasteiger partial charge >= 0.3 is 0 Å². The zero-order valence-corrected chi connectivity index (χ0v) is 16.9. The van der Waals surface area contributed by atoms with E-state index in [-0.39, 0.29) is 17.6 Å². The van der Waals surface area contributed by atoms with Gasteiger partial charge in [-0.25, -0.2) is 4.39 Å². The second-order valence-corrected chi connectivity index (χ2v) is 6.88. The van der Waals surface area contributed by atoms with Crippen molar-refractivity contribution in [3.63, 3.8) is 0 Å². The van der Waals surface area contributed by atoms with Crippen molar-refractivity contribution in [2.45, 2.75) is 13.0 Å². The largest absolute Gasteiger partial charge is 0.494 e. The molecule has 2 aromatic heterocycles. The molecule has 30 heavy (non-hydrogen) atoms. The number of anilines is 2. The molecule has 0 fully saturated rings. The highest BCUT2D eigenvalue weighted by molar-refractivity contribution is 5.73. The molecule has 4 nitrogen and oxygen atoms in total. The Bertz CT molecular complexity index is 1080. The molecule has 5 heteroatoms. The molecule has 4 rings (SSSR count). The van der Waals surface area contributed by atoms with Crippen molar-refractivity contribution in [3.8, 4) is 16.9 Å². The summed E-state index contributed by atoms with van der Waals surface area (Å²) >= 11 is 0. The molecular formula is C25H22FN3O. The zero-order valence-electron chi connectivity index (χ0n) is 16.9. The van der Waals surface area contributed by atoms with Gasteiger partial charge in [-0.1, -0.05) is 36.4 Å². The van der Waals surface area contributed by atoms with Crippen molar-refractivity contribution in [3.05, 3.63) is 103 Å². The molecule has 0 bridgehead atoms. The molecule has 4 aromatic rings. The van der Waals surface area contributed by atoms with Gasteiger partial charge in [0.2, 0.25) is 0 Å². The number of halogens is 1. The summed E-state index contributed by atoms with van der Waals surface area (Å²) in [5, 5.41) is 0. The fraction of sp³-hybridized carbons (Fsp3) is 0.120. The number of ether oxygens (including phenoxy) is 1. The number of methoxy groups -OCH3 is 1. The quantitative estimate of drug-likeness (QED) is 0.387. The zero-order chi connectivity index (χ0) is 20.9. The summed E-state index contributed by atoms with van der Waals surface area (Å²) in [4.78, 5) is 10.7. The SMILES string of the molecule is COc1cccc(-c2ccccc2C(C)N(c2cccnc2)c2cccnc2)c1F. The molecule has 0 saturated heterocycles. The number of nitrogens with zero attached hydrogens (tertiary/aromatic N) is 3. The normalized spacial score (nSPS) is 11.7. The van der Waals surface area contributed by atoms with Gasteiger partial charge in [0, 0.05) is 18.0 Å². The summed E-state index contributed by atoms with van der Waals surface area (Å²) < 4.78 is 20.3. The summed E-state index contributed by atoms with van der Waals surface area (Å²) in [5.41, 5.74) is 4.17. The maximum Gasteiger partial charge on any atom is 0.172 e. The molecule has 0 aliphatic rings. The average molecular weight is 399 g/mol. The maximum absolute atomic E-state index is 15.1. The molecule has 0 aliphatic carbocycles. The van der Waals surface area contributed by atoms with Gasteiger partial charge in [0.25, 0.3) is 0 Å². The van der Waals surface area contributed by atoms with Crippen LogP contribution in [0.25, 0.3) is 11.1 Å². The first kappa shape index (κ1) is 19.6. The Morgan fingerprint density at radius 3 is 2.03 bits per heavy atom. The third-order valence-corrected chi connectivity index (χ3v) is 5.12. The van der Waals surface area contributed by atoms with E-state index in [1.165, 1.54) is 7.11 Å². The lowest BCUT2D eigenvalue weighted by molar-refractivity contribution is 0.387. The Labute approximate surface area is 175 Å². The summed E-state index contributed by atoms with van der Waals surface area (Å²) in [5.74, 6) is -0.139. The first-order valence-electron chi connectivity index (χ1n) is 9.71. The van der Waals surface area contributed by atoms with Gasteiger partial charge in [0.15, 0.2) is 11.6 Å². The number of aromatic nitrogens is 2. The first-order valence-corrected chi connectivity index (χ1v) is 9.71. The molecule has 0 aliphatic heterocycles. The number of rotatable bonds is 6. The topological polar surface area (TPSA) is 38.2 Å². The van der Waals surface area contributed by atoms with Crippen LogP contribution in [0.3, 0.4) is 0 Å². The van der Waals surface area contributed by atoms with E-state index in [1.54, 1.807) is 30.6 Å². The fourth-order valence-corrected chi connectivity index (χ4v) is 3.71. The van der Waals surface area contributed by atoms with Gasteiger partial charge in [-0.15, -0.1) is 0 Å². The third kappa shape index (κ3) is 3.74. The molecule has 0 saturated carbocycles. The van der Waals surface area contributed by atoms with Crippen LogP contribution in [0, 0.1) is 5.82 Å². The average Bonchev–Trinajstić information content (AvgIpc) is 2.81. The Morgan fingerprint density at radius 2 is 1.43 bits per heavy atom. The third-order valence-electron chi connectivity index (χ3n) is 5.12. The van der Waals surface area contributed by atoms with E-state index >= 15 is 4.39 Å². The van der Waals surface area contributed by atoms with Crippen molar-refractivity contribution in [1.29, 1.82) is 0 Å². The van der Waals surface area contributed by atoms with Crippen LogP contribution < -0.4 is 9.64 Å². The van der Waals surface area contributed by atoms with Gasteiger partial charge < -0.3 is 9.64 Å². The molecule has 2 heterocycles. The molecule has 1 atom stereocenters. The van der Waals surface area contributed by atoms with E-state index in [9.17, 15) is 0 Å². The second kappa shape index (κ2) is 8.74. The predicted molar refractivity (Wildman–Crippen MR) is 117 cm³/mol. The number of hydrogen-bond acceptors (Lipinski definition) is 4.